The molecule has 0 amide bonds. The summed E-state index contributed by atoms with van der Waals surface area (Å²) in [5.74, 6) is -0.502. The van der Waals surface area contributed by atoms with E-state index in [1.54, 1.807) is 6.07 Å². The standard InChI is InChI=1S/C9H7BrN2O3/c1-15-8(13)2-5-6(3-11)9(14)12-4-7(5)10/h4H,2H2,1H3,(H,12,14). The molecule has 5 nitrogen and oxygen atoms in total. The van der Waals surface area contributed by atoms with Gasteiger partial charge in [-0.15, -0.1) is 0 Å². The number of pyridine rings is 1. The van der Waals surface area contributed by atoms with Crippen LogP contribution in [0.15, 0.2) is 15.5 Å². The van der Waals surface area contributed by atoms with Crippen molar-refractivity contribution in [1.82, 2.24) is 4.98 Å². The van der Waals surface area contributed by atoms with Crippen LogP contribution in [-0.2, 0) is 16.0 Å². The first-order valence-corrected chi connectivity index (χ1v) is 4.76. The second kappa shape index (κ2) is 4.75. The number of carbonyl (C=O) groups excluding carboxylic acids is 1. The summed E-state index contributed by atoms with van der Waals surface area (Å²) in [4.78, 5) is 24.7. The van der Waals surface area contributed by atoms with Gasteiger partial charge in [-0.05, 0) is 15.9 Å². The van der Waals surface area contributed by atoms with Crippen LogP contribution in [0.4, 0.5) is 0 Å². The van der Waals surface area contributed by atoms with E-state index < -0.39 is 11.5 Å². The summed E-state index contributed by atoms with van der Waals surface area (Å²) in [7, 11) is 1.25. The Morgan fingerprint density at radius 2 is 2.40 bits per heavy atom. The summed E-state index contributed by atoms with van der Waals surface area (Å²) >= 11 is 3.15. The maximum absolute atomic E-state index is 11.2. The van der Waals surface area contributed by atoms with E-state index in [4.69, 9.17) is 5.26 Å². The number of methoxy groups -OCH3 is 1. The monoisotopic (exact) mass is 270 g/mol. The average molecular weight is 271 g/mol. The first-order chi connectivity index (χ1) is 7.10. The molecule has 0 aromatic carbocycles. The highest BCUT2D eigenvalue weighted by Gasteiger charge is 2.14. The van der Waals surface area contributed by atoms with Crippen LogP contribution in [0.3, 0.4) is 0 Å². The highest BCUT2D eigenvalue weighted by molar-refractivity contribution is 9.10. The zero-order valence-corrected chi connectivity index (χ0v) is 9.42. The number of halogens is 1. The lowest BCUT2D eigenvalue weighted by Gasteiger charge is -2.04. The van der Waals surface area contributed by atoms with E-state index in [0.29, 0.717) is 10.0 Å². The number of aromatic nitrogens is 1. The smallest absolute Gasteiger partial charge is 0.310 e. The molecule has 0 fully saturated rings. The van der Waals surface area contributed by atoms with Crippen molar-refractivity contribution in [3.05, 3.63) is 32.2 Å². The van der Waals surface area contributed by atoms with Crippen molar-refractivity contribution in [2.24, 2.45) is 0 Å². The van der Waals surface area contributed by atoms with E-state index in [1.807, 2.05) is 0 Å². The van der Waals surface area contributed by atoms with Crippen molar-refractivity contribution in [3.8, 4) is 6.07 Å². The molecule has 0 unspecified atom stereocenters. The number of nitriles is 1. The number of aromatic amines is 1. The molecule has 1 aromatic heterocycles. The number of hydrogen-bond donors (Lipinski definition) is 1. The predicted molar refractivity (Wildman–Crippen MR) is 55.2 cm³/mol. The molecule has 0 aliphatic heterocycles. The molecule has 0 aliphatic carbocycles. The summed E-state index contributed by atoms with van der Waals surface area (Å²) < 4.78 is 4.97. The Labute approximate surface area is 93.8 Å². The molecule has 15 heavy (non-hydrogen) atoms. The molecule has 1 heterocycles. The van der Waals surface area contributed by atoms with Crippen molar-refractivity contribution < 1.29 is 9.53 Å². The molecule has 78 valence electrons. The Balaban J connectivity index is 3.27. The number of carbonyl (C=O) groups is 1. The van der Waals surface area contributed by atoms with Gasteiger partial charge in [-0.25, -0.2) is 0 Å². The molecular weight excluding hydrogens is 264 g/mol. The Bertz CT molecular complexity index is 487. The van der Waals surface area contributed by atoms with Crippen LogP contribution in [0, 0.1) is 11.3 Å². The van der Waals surface area contributed by atoms with E-state index in [1.165, 1.54) is 13.3 Å². The number of nitrogens with zero attached hydrogens (tertiary/aromatic N) is 1. The topological polar surface area (TPSA) is 83.0 Å². The van der Waals surface area contributed by atoms with Gasteiger partial charge in [0.05, 0.1) is 13.5 Å². The maximum atomic E-state index is 11.2. The minimum atomic E-state index is -0.514. The van der Waals surface area contributed by atoms with Crippen LogP contribution in [0.5, 0.6) is 0 Å². The van der Waals surface area contributed by atoms with E-state index in [2.05, 4.69) is 25.7 Å². The average Bonchev–Trinajstić information content (AvgIpc) is 2.23. The lowest BCUT2D eigenvalue weighted by molar-refractivity contribution is -0.139. The second-order valence-electron chi connectivity index (χ2n) is 2.68. The van der Waals surface area contributed by atoms with Gasteiger partial charge in [0.15, 0.2) is 0 Å². The molecule has 1 aromatic rings. The van der Waals surface area contributed by atoms with Gasteiger partial charge in [-0.3, -0.25) is 9.59 Å². The first-order valence-electron chi connectivity index (χ1n) is 3.97. The molecule has 0 atom stereocenters. The van der Waals surface area contributed by atoms with Crippen molar-refractivity contribution in [1.29, 1.82) is 5.26 Å². The molecule has 0 aliphatic rings. The van der Waals surface area contributed by atoms with Gasteiger partial charge in [0.1, 0.15) is 11.6 Å². The number of hydrogen-bond acceptors (Lipinski definition) is 4. The summed E-state index contributed by atoms with van der Waals surface area (Å²) in [6.45, 7) is 0. The molecular formula is C9H7BrN2O3. The molecule has 0 saturated heterocycles. The molecule has 0 bridgehead atoms. The van der Waals surface area contributed by atoms with Crippen LogP contribution in [0.1, 0.15) is 11.1 Å². The SMILES string of the molecule is COC(=O)Cc1c(Br)c[nH]c(=O)c1C#N. The van der Waals surface area contributed by atoms with Gasteiger partial charge in [-0.1, -0.05) is 0 Å². The van der Waals surface area contributed by atoms with Crippen LogP contribution in [-0.4, -0.2) is 18.1 Å². The fourth-order valence-corrected chi connectivity index (χ4v) is 1.51. The normalized spacial score (nSPS) is 9.40. The summed E-state index contributed by atoms with van der Waals surface area (Å²) in [6, 6.07) is 1.75. The minimum Gasteiger partial charge on any atom is -0.469 e. The molecule has 0 spiro atoms. The lowest BCUT2D eigenvalue weighted by atomic mass is 10.1. The number of H-pyrrole nitrogens is 1. The second-order valence-corrected chi connectivity index (χ2v) is 3.54. The Morgan fingerprint density at radius 1 is 1.73 bits per heavy atom. The molecule has 0 radical (unpaired) electrons. The number of nitrogens with one attached hydrogen (secondary N) is 1. The van der Waals surface area contributed by atoms with Gasteiger partial charge in [0.25, 0.3) is 5.56 Å². The van der Waals surface area contributed by atoms with Crippen molar-refractivity contribution in [2.75, 3.05) is 7.11 Å². The molecule has 6 heteroatoms. The molecule has 1 rings (SSSR count). The van der Waals surface area contributed by atoms with E-state index >= 15 is 0 Å². The third-order valence-electron chi connectivity index (χ3n) is 1.81. The third kappa shape index (κ3) is 2.44. The Morgan fingerprint density at radius 3 is 2.93 bits per heavy atom. The number of ether oxygens (including phenoxy) is 1. The molecule has 0 saturated carbocycles. The van der Waals surface area contributed by atoms with Crippen LogP contribution < -0.4 is 5.56 Å². The highest BCUT2D eigenvalue weighted by Crippen LogP contribution is 2.17. The fraction of sp³-hybridized carbons (Fsp3) is 0.222. The van der Waals surface area contributed by atoms with Gasteiger partial charge >= 0.3 is 5.97 Å². The molecule has 1 N–H and O–H groups in total. The maximum Gasteiger partial charge on any atom is 0.310 e. The number of esters is 1. The van der Waals surface area contributed by atoms with Gasteiger partial charge in [0.2, 0.25) is 0 Å². The van der Waals surface area contributed by atoms with Crippen LogP contribution in [0.25, 0.3) is 0 Å². The number of rotatable bonds is 2. The first kappa shape index (κ1) is 11.5. The quantitative estimate of drug-likeness (QED) is 0.803. The van der Waals surface area contributed by atoms with Gasteiger partial charge in [0, 0.05) is 16.2 Å². The van der Waals surface area contributed by atoms with Gasteiger partial charge < -0.3 is 9.72 Å². The zero-order chi connectivity index (χ0) is 11.4. The van der Waals surface area contributed by atoms with E-state index in [9.17, 15) is 9.59 Å². The summed E-state index contributed by atoms with van der Waals surface area (Å²) in [6.07, 6.45) is 1.28. The summed E-state index contributed by atoms with van der Waals surface area (Å²) in [5.41, 5.74) is -0.248. The fourth-order valence-electron chi connectivity index (χ4n) is 1.05. The Kier molecular flexibility index (Phi) is 3.63. The lowest BCUT2D eigenvalue weighted by Crippen LogP contribution is -2.16. The predicted octanol–water partition coefficient (Wildman–Crippen LogP) is 0.725. The van der Waals surface area contributed by atoms with Crippen LogP contribution in [0.2, 0.25) is 0 Å². The van der Waals surface area contributed by atoms with Crippen LogP contribution >= 0.6 is 15.9 Å². The highest BCUT2D eigenvalue weighted by atomic mass is 79.9. The minimum absolute atomic E-state index is 0.0743. The third-order valence-corrected chi connectivity index (χ3v) is 2.52. The largest absolute Gasteiger partial charge is 0.469 e. The van der Waals surface area contributed by atoms with Gasteiger partial charge in [-0.2, -0.15) is 5.26 Å². The van der Waals surface area contributed by atoms with E-state index in [-0.39, 0.29) is 12.0 Å². The zero-order valence-electron chi connectivity index (χ0n) is 7.83. The Hall–Kier alpha value is -1.61. The van der Waals surface area contributed by atoms with Crippen molar-refractivity contribution in [3.63, 3.8) is 0 Å². The van der Waals surface area contributed by atoms with E-state index in [0.717, 1.165) is 0 Å². The summed E-state index contributed by atoms with van der Waals surface area (Å²) in [5, 5.41) is 8.77. The van der Waals surface area contributed by atoms with Crippen molar-refractivity contribution >= 4 is 21.9 Å². The van der Waals surface area contributed by atoms with Crippen molar-refractivity contribution in [2.45, 2.75) is 6.42 Å².